The van der Waals surface area contributed by atoms with E-state index in [-0.39, 0.29) is 11.3 Å². The largest absolute Gasteiger partial charge is 0.381 e. The monoisotopic (exact) mass is 293 g/mol. The Balaban J connectivity index is 1.72. The van der Waals surface area contributed by atoms with Crippen molar-refractivity contribution in [2.75, 3.05) is 20.2 Å². The molecule has 3 nitrogen and oxygen atoms in total. The molecule has 0 radical (unpaired) electrons. The number of methoxy groups -OCH3 is 1. The minimum Gasteiger partial charge on any atom is -0.381 e. The van der Waals surface area contributed by atoms with Crippen molar-refractivity contribution in [1.82, 2.24) is 4.90 Å². The summed E-state index contributed by atoms with van der Waals surface area (Å²) in [5.74, 6) is 0.286. The van der Waals surface area contributed by atoms with Crippen molar-refractivity contribution in [3.8, 4) is 0 Å². The summed E-state index contributed by atoms with van der Waals surface area (Å²) in [7, 11) is 1.75. The summed E-state index contributed by atoms with van der Waals surface area (Å²) in [5.41, 5.74) is 0.839. The molecule has 2 fully saturated rings. The smallest absolute Gasteiger partial charge is 0.233 e. The van der Waals surface area contributed by atoms with Crippen LogP contribution in [0.1, 0.15) is 31.2 Å². The van der Waals surface area contributed by atoms with Gasteiger partial charge in [0, 0.05) is 25.2 Å². The predicted octanol–water partition coefficient (Wildman–Crippen LogP) is 3.01. The van der Waals surface area contributed by atoms with E-state index in [1.54, 1.807) is 7.11 Å². The molecular weight excluding hydrogens is 274 g/mol. The molecule has 0 bridgehead atoms. The normalized spacial score (nSPS) is 21.8. The van der Waals surface area contributed by atoms with Crippen molar-refractivity contribution < 1.29 is 9.53 Å². The number of carbonyl (C=O) groups is 1. The van der Waals surface area contributed by atoms with E-state index in [0.717, 1.165) is 49.4 Å². The average Bonchev–Trinajstić information content (AvgIpc) is 3.29. The molecule has 0 spiro atoms. The minimum absolute atomic E-state index is 0.273. The molecule has 1 aliphatic carbocycles. The van der Waals surface area contributed by atoms with Crippen LogP contribution in [-0.4, -0.2) is 37.1 Å². The van der Waals surface area contributed by atoms with Gasteiger partial charge in [0.05, 0.1) is 11.5 Å². The van der Waals surface area contributed by atoms with Gasteiger partial charge in [0.1, 0.15) is 0 Å². The highest BCUT2D eigenvalue weighted by Gasteiger charge is 2.53. The molecule has 108 valence electrons. The molecule has 4 heteroatoms. The van der Waals surface area contributed by atoms with E-state index in [1.165, 1.54) is 0 Å². The molecule has 0 aromatic heterocycles. The molecule has 0 atom stereocenters. The Kier molecular flexibility index (Phi) is 3.74. The van der Waals surface area contributed by atoms with Gasteiger partial charge in [-0.25, -0.2) is 0 Å². The van der Waals surface area contributed by atoms with Gasteiger partial charge in [-0.15, -0.1) is 0 Å². The molecule has 0 unspecified atom stereocenters. The highest BCUT2D eigenvalue weighted by atomic mass is 35.5. The van der Waals surface area contributed by atoms with E-state index >= 15 is 0 Å². The van der Waals surface area contributed by atoms with Crippen LogP contribution in [0.15, 0.2) is 24.3 Å². The molecule has 1 aromatic carbocycles. The standard InChI is InChI=1S/C16H20ClNO2/c1-20-14-6-10-18(11-7-14)15(19)16(8-9-16)12-2-4-13(17)5-3-12/h2-5,14H,6-11H2,1H3. The highest BCUT2D eigenvalue weighted by Crippen LogP contribution is 2.50. The molecule has 20 heavy (non-hydrogen) atoms. The summed E-state index contributed by atoms with van der Waals surface area (Å²) in [6.07, 6.45) is 4.11. The van der Waals surface area contributed by atoms with Gasteiger partial charge >= 0.3 is 0 Å². The van der Waals surface area contributed by atoms with Crippen LogP contribution < -0.4 is 0 Å². The summed E-state index contributed by atoms with van der Waals surface area (Å²) in [4.78, 5) is 14.8. The lowest BCUT2D eigenvalue weighted by molar-refractivity contribution is -0.136. The molecular formula is C16H20ClNO2. The van der Waals surface area contributed by atoms with Crippen LogP contribution in [0.2, 0.25) is 5.02 Å². The molecule has 1 saturated heterocycles. The summed E-state index contributed by atoms with van der Waals surface area (Å²) >= 11 is 5.93. The first kappa shape index (κ1) is 13.9. The number of nitrogens with zero attached hydrogens (tertiary/aromatic N) is 1. The molecule has 2 aliphatic rings. The van der Waals surface area contributed by atoms with Crippen LogP contribution in [-0.2, 0) is 14.9 Å². The number of halogens is 1. The quantitative estimate of drug-likeness (QED) is 0.857. The number of amides is 1. The van der Waals surface area contributed by atoms with Gasteiger partial charge in [0.2, 0.25) is 5.91 Å². The molecule has 1 saturated carbocycles. The lowest BCUT2D eigenvalue weighted by Gasteiger charge is -2.34. The van der Waals surface area contributed by atoms with Crippen LogP contribution in [0.25, 0.3) is 0 Å². The summed E-state index contributed by atoms with van der Waals surface area (Å²) in [6, 6.07) is 7.74. The number of piperidine rings is 1. The summed E-state index contributed by atoms with van der Waals surface area (Å²) in [6.45, 7) is 1.62. The molecule has 0 N–H and O–H groups in total. The van der Waals surface area contributed by atoms with Gasteiger partial charge in [0.25, 0.3) is 0 Å². The first-order valence-electron chi connectivity index (χ1n) is 7.24. The molecule has 1 aromatic rings. The maximum absolute atomic E-state index is 12.8. The van der Waals surface area contributed by atoms with Crippen LogP contribution in [0.3, 0.4) is 0 Å². The fourth-order valence-corrected chi connectivity index (χ4v) is 3.24. The van der Waals surface area contributed by atoms with Gasteiger partial charge < -0.3 is 9.64 Å². The topological polar surface area (TPSA) is 29.5 Å². The van der Waals surface area contributed by atoms with Crippen molar-refractivity contribution in [2.45, 2.75) is 37.2 Å². The third kappa shape index (κ3) is 2.45. The maximum Gasteiger partial charge on any atom is 0.233 e. The number of likely N-dealkylation sites (tertiary alicyclic amines) is 1. The van der Waals surface area contributed by atoms with Gasteiger partial charge in [-0.3, -0.25) is 4.79 Å². The van der Waals surface area contributed by atoms with Crippen LogP contribution in [0.5, 0.6) is 0 Å². The summed E-state index contributed by atoms with van der Waals surface area (Å²) < 4.78 is 5.37. The number of benzene rings is 1. The second-order valence-corrected chi connectivity index (χ2v) is 6.25. The van der Waals surface area contributed by atoms with Crippen LogP contribution >= 0.6 is 11.6 Å². The van der Waals surface area contributed by atoms with Crippen molar-refractivity contribution in [1.29, 1.82) is 0 Å². The third-order valence-corrected chi connectivity index (χ3v) is 4.87. The van der Waals surface area contributed by atoms with Gasteiger partial charge in [0.15, 0.2) is 0 Å². The second-order valence-electron chi connectivity index (χ2n) is 5.82. The Labute approximate surface area is 124 Å². The lowest BCUT2D eigenvalue weighted by Crippen LogP contribution is -2.45. The van der Waals surface area contributed by atoms with Crippen molar-refractivity contribution in [3.05, 3.63) is 34.9 Å². The SMILES string of the molecule is COC1CCN(C(=O)C2(c3ccc(Cl)cc3)CC2)CC1. The number of ether oxygens (including phenoxy) is 1. The zero-order chi connectivity index (χ0) is 14.2. The minimum atomic E-state index is -0.273. The average molecular weight is 294 g/mol. The number of hydrogen-bond acceptors (Lipinski definition) is 2. The fourth-order valence-electron chi connectivity index (χ4n) is 3.12. The van der Waals surface area contributed by atoms with Crippen molar-refractivity contribution in [3.63, 3.8) is 0 Å². The van der Waals surface area contributed by atoms with E-state index in [9.17, 15) is 4.79 Å². The Morgan fingerprint density at radius 3 is 2.35 bits per heavy atom. The maximum atomic E-state index is 12.8. The third-order valence-electron chi connectivity index (χ3n) is 4.62. The Hall–Kier alpha value is -1.06. The Morgan fingerprint density at radius 2 is 1.85 bits per heavy atom. The first-order chi connectivity index (χ1) is 9.65. The molecule has 1 heterocycles. The van der Waals surface area contributed by atoms with Gasteiger partial charge in [-0.1, -0.05) is 23.7 Å². The zero-order valence-electron chi connectivity index (χ0n) is 11.8. The van der Waals surface area contributed by atoms with Crippen LogP contribution in [0.4, 0.5) is 0 Å². The van der Waals surface area contributed by atoms with Gasteiger partial charge in [-0.05, 0) is 43.4 Å². The van der Waals surface area contributed by atoms with E-state index in [4.69, 9.17) is 16.3 Å². The first-order valence-corrected chi connectivity index (χ1v) is 7.62. The lowest BCUT2D eigenvalue weighted by atomic mass is 9.93. The Bertz CT molecular complexity index is 488. The van der Waals surface area contributed by atoms with Crippen molar-refractivity contribution >= 4 is 17.5 Å². The van der Waals surface area contributed by atoms with Crippen LogP contribution in [0, 0.1) is 0 Å². The highest BCUT2D eigenvalue weighted by molar-refractivity contribution is 6.30. The number of rotatable bonds is 3. The number of carbonyl (C=O) groups excluding carboxylic acids is 1. The van der Waals surface area contributed by atoms with E-state index in [0.29, 0.717) is 6.10 Å². The second kappa shape index (κ2) is 5.38. The van der Waals surface area contributed by atoms with E-state index in [2.05, 4.69) is 0 Å². The molecule has 3 rings (SSSR count). The number of hydrogen-bond donors (Lipinski definition) is 0. The molecule has 1 amide bonds. The van der Waals surface area contributed by atoms with Gasteiger partial charge in [-0.2, -0.15) is 0 Å². The summed E-state index contributed by atoms with van der Waals surface area (Å²) in [5, 5.41) is 0.720. The van der Waals surface area contributed by atoms with E-state index in [1.807, 2.05) is 29.2 Å². The predicted molar refractivity (Wildman–Crippen MR) is 79.0 cm³/mol. The Morgan fingerprint density at radius 1 is 1.25 bits per heavy atom. The molecule has 1 aliphatic heterocycles. The zero-order valence-corrected chi connectivity index (χ0v) is 12.5. The van der Waals surface area contributed by atoms with E-state index < -0.39 is 0 Å². The van der Waals surface area contributed by atoms with Crippen molar-refractivity contribution in [2.24, 2.45) is 0 Å². The fraction of sp³-hybridized carbons (Fsp3) is 0.562.